The van der Waals surface area contributed by atoms with Crippen molar-refractivity contribution in [3.63, 3.8) is 0 Å². The summed E-state index contributed by atoms with van der Waals surface area (Å²) in [6.07, 6.45) is 3.71. The largest absolute Gasteiger partial charge is 0.264 e. The van der Waals surface area contributed by atoms with Crippen molar-refractivity contribution in [1.29, 1.82) is 0 Å². The molecule has 1 nitrogen and oxygen atoms in total. The lowest BCUT2D eigenvalue weighted by molar-refractivity contribution is 1.37. The van der Waals surface area contributed by atoms with Gasteiger partial charge in [0.15, 0.2) is 0 Å². The Hall–Kier alpha value is -1.31. The monoisotopic (exact) mass is 141 g/mol. The highest BCUT2D eigenvalue weighted by Crippen LogP contribution is 2.08. The van der Waals surface area contributed by atoms with Gasteiger partial charge in [0.05, 0.1) is 0 Å². The van der Waals surface area contributed by atoms with E-state index in [2.05, 4.69) is 31.0 Å². The summed E-state index contributed by atoms with van der Waals surface area (Å²) in [7, 11) is 2.09. The average molecular weight is 141 g/mol. The van der Waals surface area contributed by atoms with Gasteiger partial charge in [-0.05, 0) is 16.8 Å². The molecule has 1 aromatic carbocycles. The average Bonchev–Trinajstić information content (AvgIpc) is 2.04. The molecule has 0 N–H and O–H groups in total. The van der Waals surface area contributed by atoms with Gasteiger partial charge in [-0.1, -0.05) is 23.7 Å². The summed E-state index contributed by atoms with van der Waals surface area (Å²) in [6, 6.07) is 8.39. The molecule has 1 heterocycles. The third kappa shape index (κ3) is 1.12. The number of hydrogen-bond donors (Lipinski definition) is 0. The summed E-state index contributed by atoms with van der Waals surface area (Å²) in [6.45, 7) is 0. The van der Waals surface area contributed by atoms with Gasteiger partial charge in [-0.25, -0.2) is 0 Å². The smallest absolute Gasteiger partial charge is 0.139 e. The van der Waals surface area contributed by atoms with Crippen LogP contribution in [-0.2, 0) is 0 Å². The van der Waals surface area contributed by atoms with E-state index < -0.39 is 0 Å². The Morgan fingerprint density at radius 1 is 1.09 bits per heavy atom. The van der Waals surface area contributed by atoms with Gasteiger partial charge in [-0.2, -0.15) is 0 Å². The Labute approximate surface area is 66.5 Å². The highest BCUT2D eigenvalue weighted by atomic mass is 14.6. The Morgan fingerprint density at radius 3 is 2.91 bits per heavy atom. The second-order valence-electron chi connectivity index (χ2n) is 2.73. The number of benzene rings is 1. The molecule has 2 heteroatoms. The molecule has 11 heavy (non-hydrogen) atoms. The topological polar surface area (TPSA) is 12.9 Å². The van der Waals surface area contributed by atoms with Crippen LogP contribution < -0.4 is 5.46 Å². The van der Waals surface area contributed by atoms with Crippen molar-refractivity contribution < 1.29 is 0 Å². The van der Waals surface area contributed by atoms with E-state index >= 15 is 0 Å². The summed E-state index contributed by atoms with van der Waals surface area (Å²) in [5, 5.41) is 2.47. The van der Waals surface area contributed by atoms with Crippen LogP contribution in [0.15, 0.2) is 36.7 Å². The van der Waals surface area contributed by atoms with Gasteiger partial charge >= 0.3 is 0 Å². The first-order chi connectivity index (χ1) is 5.36. The van der Waals surface area contributed by atoms with Gasteiger partial charge in [0.1, 0.15) is 7.85 Å². The highest BCUT2D eigenvalue weighted by Gasteiger charge is 1.90. The summed E-state index contributed by atoms with van der Waals surface area (Å²) in [4.78, 5) is 4.05. The Bertz CT molecular complexity index is 384. The van der Waals surface area contributed by atoms with Crippen molar-refractivity contribution in [2.24, 2.45) is 0 Å². The van der Waals surface area contributed by atoms with Crippen LogP contribution in [0.1, 0.15) is 0 Å². The van der Waals surface area contributed by atoms with Crippen LogP contribution in [-0.4, -0.2) is 12.8 Å². The van der Waals surface area contributed by atoms with Crippen molar-refractivity contribution in [2.75, 3.05) is 0 Å². The van der Waals surface area contributed by atoms with E-state index in [4.69, 9.17) is 0 Å². The molecule has 1 aromatic heterocycles. The van der Waals surface area contributed by atoms with Crippen LogP contribution in [0.3, 0.4) is 0 Å². The highest BCUT2D eigenvalue weighted by molar-refractivity contribution is 6.33. The van der Waals surface area contributed by atoms with Crippen molar-refractivity contribution in [3.8, 4) is 0 Å². The lowest BCUT2D eigenvalue weighted by Gasteiger charge is -1.96. The molecule has 2 rings (SSSR count). The van der Waals surface area contributed by atoms with Crippen LogP contribution in [0.4, 0.5) is 0 Å². The maximum absolute atomic E-state index is 4.05. The second-order valence-corrected chi connectivity index (χ2v) is 2.73. The number of aromatic nitrogens is 1. The first kappa shape index (κ1) is 6.41. The lowest BCUT2D eigenvalue weighted by Crippen LogP contribution is -1.99. The molecule has 0 saturated carbocycles. The predicted molar refractivity (Wildman–Crippen MR) is 49.9 cm³/mol. The molecule has 0 bridgehead atoms. The fourth-order valence-electron chi connectivity index (χ4n) is 1.20. The molecule has 52 valence electrons. The van der Waals surface area contributed by atoms with Crippen LogP contribution in [0.2, 0.25) is 0 Å². The first-order valence-corrected chi connectivity index (χ1v) is 3.67. The van der Waals surface area contributed by atoms with Gasteiger partial charge in [-0.3, -0.25) is 4.98 Å². The molecule has 0 amide bonds. The quantitative estimate of drug-likeness (QED) is 0.486. The maximum atomic E-state index is 4.05. The fraction of sp³-hybridized carbons (Fsp3) is 0. The lowest BCUT2D eigenvalue weighted by atomic mass is 9.94. The molecule has 0 aliphatic heterocycles. The zero-order valence-electron chi connectivity index (χ0n) is 6.41. The van der Waals surface area contributed by atoms with Crippen molar-refractivity contribution in [1.82, 2.24) is 4.98 Å². The molecule has 0 radical (unpaired) electrons. The molecule has 0 fully saturated rings. The van der Waals surface area contributed by atoms with E-state index in [1.165, 1.54) is 16.2 Å². The van der Waals surface area contributed by atoms with E-state index in [-0.39, 0.29) is 0 Å². The van der Waals surface area contributed by atoms with Crippen molar-refractivity contribution >= 4 is 24.1 Å². The number of hydrogen-bond acceptors (Lipinski definition) is 1. The first-order valence-electron chi connectivity index (χ1n) is 3.67. The summed E-state index contributed by atoms with van der Waals surface area (Å²) in [5.74, 6) is 0. The molecule has 0 unspecified atom stereocenters. The zero-order valence-corrected chi connectivity index (χ0v) is 6.41. The zero-order chi connectivity index (χ0) is 7.68. The Morgan fingerprint density at radius 2 is 2.00 bits per heavy atom. The van der Waals surface area contributed by atoms with E-state index in [1.807, 2.05) is 18.5 Å². The third-order valence-electron chi connectivity index (χ3n) is 1.80. The predicted octanol–water partition coefficient (Wildman–Crippen LogP) is 0.493. The Balaban J connectivity index is 2.83. The minimum atomic E-state index is 1.22. The van der Waals surface area contributed by atoms with Crippen LogP contribution in [0, 0.1) is 0 Å². The van der Waals surface area contributed by atoms with Crippen LogP contribution >= 0.6 is 0 Å². The van der Waals surface area contributed by atoms with Gasteiger partial charge in [0.2, 0.25) is 0 Å². The van der Waals surface area contributed by atoms with Gasteiger partial charge < -0.3 is 0 Å². The standard InChI is InChI=1S/C9H8BN/c10-9-2-1-7-3-4-11-6-8(7)5-9/h1-6H,10H2. The number of nitrogens with zero attached hydrogens (tertiary/aromatic N) is 1. The van der Waals surface area contributed by atoms with E-state index in [1.54, 1.807) is 0 Å². The minimum Gasteiger partial charge on any atom is -0.264 e. The Kier molecular flexibility index (Phi) is 1.39. The SMILES string of the molecule is Bc1ccc2ccncc2c1. The van der Waals surface area contributed by atoms with Crippen molar-refractivity contribution in [2.45, 2.75) is 0 Å². The molecule has 0 aliphatic rings. The molecule has 0 aliphatic carbocycles. The maximum Gasteiger partial charge on any atom is 0.139 e. The minimum absolute atomic E-state index is 1.22. The van der Waals surface area contributed by atoms with Crippen LogP contribution in [0.5, 0.6) is 0 Å². The summed E-state index contributed by atoms with van der Waals surface area (Å²) in [5.41, 5.74) is 1.28. The third-order valence-corrected chi connectivity index (χ3v) is 1.80. The van der Waals surface area contributed by atoms with Gasteiger partial charge in [0, 0.05) is 12.4 Å². The molecule has 0 atom stereocenters. The van der Waals surface area contributed by atoms with Crippen LogP contribution in [0.25, 0.3) is 10.8 Å². The van der Waals surface area contributed by atoms with E-state index in [9.17, 15) is 0 Å². The second kappa shape index (κ2) is 2.38. The van der Waals surface area contributed by atoms with Crippen molar-refractivity contribution in [3.05, 3.63) is 36.7 Å². The molecule has 0 saturated heterocycles. The van der Waals surface area contributed by atoms with Gasteiger partial charge in [-0.15, -0.1) is 0 Å². The summed E-state index contributed by atoms with van der Waals surface area (Å²) < 4.78 is 0. The number of fused-ring (bicyclic) bond motifs is 1. The molecular formula is C9H8BN. The van der Waals surface area contributed by atoms with Gasteiger partial charge in [0.25, 0.3) is 0 Å². The molecule has 2 aromatic rings. The number of pyridine rings is 1. The number of rotatable bonds is 0. The molecule has 0 spiro atoms. The fourth-order valence-corrected chi connectivity index (χ4v) is 1.20. The van der Waals surface area contributed by atoms with E-state index in [0.29, 0.717) is 0 Å². The normalized spacial score (nSPS) is 10.2. The van der Waals surface area contributed by atoms with E-state index in [0.717, 1.165) is 0 Å². The molecular weight excluding hydrogens is 133 g/mol. The summed E-state index contributed by atoms with van der Waals surface area (Å²) >= 11 is 0.